The Morgan fingerprint density at radius 2 is 2.18 bits per heavy atom. The summed E-state index contributed by atoms with van der Waals surface area (Å²) < 4.78 is 23.9. The Balaban J connectivity index is 2.06. The number of nitrogens with zero attached hydrogens (tertiary/aromatic N) is 1. The third-order valence-corrected chi connectivity index (χ3v) is 3.64. The number of benzene rings is 1. The highest BCUT2D eigenvalue weighted by Gasteiger charge is 2.37. The van der Waals surface area contributed by atoms with Crippen LogP contribution in [0.5, 0.6) is 5.75 Å². The smallest absolute Gasteiger partial charge is 0.409 e. The fourth-order valence-corrected chi connectivity index (χ4v) is 2.36. The molecule has 0 unspecified atom stereocenters. The van der Waals surface area contributed by atoms with Crippen LogP contribution < -0.4 is 10.5 Å². The Kier molecular flexibility index (Phi) is 4.76. The molecule has 1 aromatic rings. The van der Waals surface area contributed by atoms with E-state index in [1.54, 1.807) is 11.8 Å². The molecule has 0 saturated carbocycles. The van der Waals surface area contributed by atoms with E-state index in [9.17, 15) is 9.18 Å². The molecule has 0 radical (unpaired) electrons. The minimum absolute atomic E-state index is 0.197. The first-order chi connectivity index (χ1) is 10.5. The molecule has 6 heteroatoms. The predicted molar refractivity (Wildman–Crippen MR) is 80.8 cm³/mol. The number of likely N-dealkylation sites (tertiary alicyclic amines) is 1. The standard InChI is InChI=1S/C16H19FN2O3/c1-3-16(22-14-6-5-12(17)11-13(14)18)7-9-19(10-8-16)15(20)21-4-2/h1,5-6,11H,4,7-10,18H2,2H3. The van der Waals surface area contributed by atoms with Crippen molar-refractivity contribution in [2.75, 3.05) is 25.4 Å². The van der Waals surface area contributed by atoms with Crippen LogP contribution in [-0.2, 0) is 4.74 Å². The van der Waals surface area contributed by atoms with Crippen molar-refractivity contribution < 1.29 is 18.7 Å². The fourth-order valence-electron chi connectivity index (χ4n) is 2.36. The molecular formula is C16H19FN2O3. The lowest BCUT2D eigenvalue weighted by Gasteiger charge is -2.38. The summed E-state index contributed by atoms with van der Waals surface area (Å²) in [5.41, 5.74) is 5.09. The third kappa shape index (κ3) is 3.42. The van der Waals surface area contributed by atoms with Gasteiger partial charge in [-0.3, -0.25) is 0 Å². The highest BCUT2D eigenvalue weighted by Crippen LogP contribution is 2.32. The van der Waals surface area contributed by atoms with Crippen molar-refractivity contribution >= 4 is 11.8 Å². The zero-order valence-electron chi connectivity index (χ0n) is 12.5. The van der Waals surface area contributed by atoms with Gasteiger partial charge in [-0.05, 0) is 19.1 Å². The number of terminal acetylenes is 1. The van der Waals surface area contributed by atoms with Gasteiger partial charge in [0, 0.05) is 32.0 Å². The average molecular weight is 306 g/mol. The maximum atomic E-state index is 13.1. The zero-order valence-corrected chi connectivity index (χ0v) is 12.5. The first kappa shape index (κ1) is 16.0. The van der Waals surface area contributed by atoms with Gasteiger partial charge in [0.2, 0.25) is 0 Å². The monoisotopic (exact) mass is 306 g/mol. The molecule has 0 aliphatic carbocycles. The Morgan fingerprint density at radius 1 is 1.50 bits per heavy atom. The molecule has 118 valence electrons. The number of halogens is 1. The van der Waals surface area contributed by atoms with E-state index in [0.29, 0.717) is 38.3 Å². The number of ether oxygens (including phenoxy) is 2. The van der Waals surface area contributed by atoms with E-state index < -0.39 is 11.4 Å². The zero-order chi connectivity index (χ0) is 16.2. The quantitative estimate of drug-likeness (QED) is 0.688. The van der Waals surface area contributed by atoms with E-state index >= 15 is 0 Å². The molecule has 2 N–H and O–H groups in total. The number of carbonyl (C=O) groups excluding carboxylic acids is 1. The van der Waals surface area contributed by atoms with Gasteiger partial charge < -0.3 is 20.1 Å². The van der Waals surface area contributed by atoms with Gasteiger partial charge >= 0.3 is 6.09 Å². The van der Waals surface area contributed by atoms with Crippen LogP contribution in [0.1, 0.15) is 19.8 Å². The lowest BCUT2D eigenvalue weighted by molar-refractivity contribution is 0.0394. The lowest BCUT2D eigenvalue weighted by Crippen LogP contribution is -2.49. The molecule has 1 aliphatic heterocycles. The summed E-state index contributed by atoms with van der Waals surface area (Å²) in [6.07, 6.45) is 6.18. The number of hydrogen-bond donors (Lipinski definition) is 1. The second-order valence-electron chi connectivity index (χ2n) is 5.11. The van der Waals surface area contributed by atoms with Crippen LogP contribution in [0.4, 0.5) is 14.9 Å². The van der Waals surface area contributed by atoms with Gasteiger partial charge in [0.15, 0.2) is 5.60 Å². The second kappa shape index (κ2) is 6.56. The summed E-state index contributed by atoms with van der Waals surface area (Å²) in [6.45, 7) is 2.96. The van der Waals surface area contributed by atoms with Gasteiger partial charge in [-0.15, -0.1) is 6.42 Å². The summed E-state index contributed by atoms with van der Waals surface area (Å²) in [5, 5.41) is 0. The molecule has 0 bridgehead atoms. The maximum absolute atomic E-state index is 13.1. The van der Waals surface area contributed by atoms with Crippen molar-refractivity contribution in [3.63, 3.8) is 0 Å². The SMILES string of the molecule is C#CC1(Oc2ccc(F)cc2N)CCN(C(=O)OCC)CC1. The Bertz CT molecular complexity index is 590. The number of rotatable bonds is 3. The van der Waals surface area contributed by atoms with E-state index in [2.05, 4.69) is 5.92 Å². The maximum Gasteiger partial charge on any atom is 0.409 e. The topological polar surface area (TPSA) is 64.8 Å². The van der Waals surface area contributed by atoms with Crippen LogP contribution in [0.25, 0.3) is 0 Å². The molecule has 1 aliphatic rings. The van der Waals surface area contributed by atoms with Crippen molar-refractivity contribution in [2.45, 2.75) is 25.4 Å². The van der Waals surface area contributed by atoms with Gasteiger partial charge in [0.1, 0.15) is 11.6 Å². The van der Waals surface area contributed by atoms with Gasteiger partial charge in [0.05, 0.1) is 12.3 Å². The van der Waals surface area contributed by atoms with Crippen molar-refractivity contribution in [2.24, 2.45) is 0 Å². The minimum atomic E-state index is -0.852. The predicted octanol–water partition coefficient (Wildman–Crippen LogP) is 2.41. The molecule has 1 heterocycles. The molecular weight excluding hydrogens is 287 g/mol. The van der Waals surface area contributed by atoms with Crippen LogP contribution >= 0.6 is 0 Å². The molecule has 0 atom stereocenters. The van der Waals surface area contributed by atoms with E-state index in [1.165, 1.54) is 18.2 Å². The first-order valence-corrected chi connectivity index (χ1v) is 7.13. The van der Waals surface area contributed by atoms with Gasteiger partial charge in [0.25, 0.3) is 0 Å². The molecule has 0 aromatic heterocycles. The third-order valence-electron chi connectivity index (χ3n) is 3.64. The van der Waals surface area contributed by atoms with Crippen LogP contribution in [-0.4, -0.2) is 36.3 Å². The number of anilines is 1. The average Bonchev–Trinajstić information content (AvgIpc) is 2.51. The summed E-state index contributed by atoms with van der Waals surface area (Å²) >= 11 is 0. The molecule has 5 nitrogen and oxygen atoms in total. The molecule has 1 fully saturated rings. The van der Waals surface area contributed by atoms with Crippen LogP contribution in [0.2, 0.25) is 0 Å². The number of piperidine rings is 1. The molecule has 1 saturated heterocycles. The van der Waals surface area contributed by atoms with Crippen LogP contribution in [0.15, 0.2) is 18.2 Å². The number of nitrogen functional groups attached to an aromatic ring is 1. The van der Waals surface area contributed by atoms with Gasteiger partial charge in [-0.25, -0.2) is 9.18 Å². The number of nitrogens with two attached hydrogens (primary N) is 1. The van der Waals surface area contributed by atoms with E-state index in [4.69, 9.17) is 21.6 Å². The van der Waals surface area contributed by atoms with Crippen molar-refractivity contribution in [1.82, 2.24) is 4.90 Å². The summed E-state index contributed by atoms with van der Waals surface area (Å²) in [4.78, 5) is 13.3. The summed E-state index contributed by atoms with van der Waals surface area (Å²) in [5.74, 6) is 2.57. The van der Waals surface area contributed by atoms with Crippen molar-refractivity contribution in [3.8, 4) is 18.1 Å². The van der Waals surface area contributed by atoms with Crippen LogP contribution in [0.3, 0.4) is 0 Å². The molecule has 1 amide bonds. The molecule has 22 heavy (non-hydrogen) atoms. The first-order valence-electron chi connectivity index (χ1n) is 7.13. The van der Waals surface area contributed by atoms with Crippen molar-refractivity contribution in [3.05, 3.63) is 24.0 Å². The number of hydrogen-bond acceptors (Lipinski definition) is 4. The summed E-state index contributed by atoms with van der Waals surface area (Å²) in [7, 11) is 0. The lowest BCUT2D eigenvalue weighted by atomic mass is 9.92. The minimum Gasteiger partial charge on any atom is -0.472 e. The second-order valence-corrected chi connectivity index (χ2v) is 5.11. The van der Waals surface area contributed by atoms with Crippen LogP contribution in [0, 0.1) is 18.2 Å². The highest BCUT2D eigenvalue weighted by molar-refractivity contribution is 5.67. The van der Waals surface area contributed by atoms with Gasteiger partial charge in [-0.1, -0.05) is 5.92 Å². The fraction of sp³-hybridized carbons (Fsp3) is 0.438. The molecule has 0 spiro atoms. The largest absolute Gasteiger partial charge is 0.472 e. The molecule has 2 rings (SSSR count). The normalized spacial score (nSPS) is 16.7. The number of amides is 1. The van der Waals surface area contributed by atoms with E-state index in [-0.39, 0.29) is 11.8 Å². The Labute approximate surface area is 129 Å². The number of carbonyl (C=O) groups is 1. The van der Waals surface area contributed by atoms with E-state index in [1.807, 2.05) is 0 Å². The Morgan fingerprint density at radius 3 is 2.73 bits per heavy atom. The molecule has 1 aromatic carbocycles. The highest BCUT2D eigenvalue weighted by atomic mass is 19.1. The van der Waals surface area contributed by atoms with Gasteiger partial charge in [-0.2, -0.15) is 0 Å². The van der Waals surface area contributed by atoms with Crippen molar-refractivity contribution in [1.29, 1.82) is 0 Å². The van der Waals surface area contributed by atoms with E-state index in [0.717, 1.165) is 0 Å². The Hall–Kier alpha value is -2.42. The summed E-state index contributed by atoms with van der Waals surface area (Å²) in [6, 6.07) is 3.92.